The Hall–Kier alpha value is -3.15. The Morgan fingerprint density at radius 2 is 1.89 bits per heavy atom. The first-order valence-electron chi connectivity index (χ1n) is 9.17. The van der Waals surface area contributed by atoms with Crippen molar-refractivity contribution in [3.05, 3.63) is 70.7 Å². The summed E-state index contributed by atoms with van der Waals surface area (Å²) in [5.41, 5.74) is 2.70. The molecule has 1 aliphatic heterocycles. The van der Waals surface area contributed by atoms with Crippen LogP contribution in [0.1, 0.15) is 48.7 Å². The predicted molar refractivity (Wildman–Crippen MR) is 105 cm³/mol. The molecular weight excluding hydrogens is 359 g/mol. The number of carbonyl (C=O) groups excluding carboxylic acids is 1. The summed E-state index contributed by atoms with van der Waals surface area (Å²) in [5.74, 6) is -1.46. The van der Waals surface area contributed by atoms with Crippen LogP contribution in [0.5, 0.6) is 0 Å². The Balaban J connectivity index is 1.91. The fourth-order valence-electron chi connectivity index (χ4n) is 4.02. The van der Waals surface area contributed by atoms with Crippen molar-refractivity contribution in [2.75, 3.05) is 10.6 Å². The summed E-state index contributed by atoms with van der Waals surface area (Å²) < 4.78 is 14.6. The molecule has 0 saturated heterocycles. The SMILES string of the molecule is CC1(C)CC(=O)C2=C(C1)Nc1cc(C(=O)O)ccc1N[C@H]2c1ccccc1F. The quantitative estimate of drug-likeness (QED) is 0.701. The summed E-state index contributed by atoms with van der Waals surface area (Å²) in [6, 6.07) is 10.4. The second-order valence-corrected chi connectivity index (χ2v) is 8.12. The molecule has 6 heteroatoms. The van der Waals surface area contributed by atoms with Gasteiger partial charge in [0.25, 0.3) is 0 Å². The van der Waals surface area contributed by atoms with Crippen molar-refractivity contribution in [2.45, 2.75) is 32.7 Å². The van der Waals surface area contributed by atoms with Gasteiger partial charge in [-0.25, -0.2) is 9.18 Å². The van der Waals surface area contributed by atoms with Crippen molar-refractivity contribution in [1.29, 1.82) is 0 Å². The molecule has 0 fully saturated rings. The van der Waals surface area contributed by atoms with Crippen LogP contribution in [0, 0.1) is 11.2 Å². The Kier molecular flexibility index (Phi) is 4.22. The summed E-state index contributed by atoms with van der Waals surface area (Å²) >= 11 is 0. The molecule has 2 aliphatic rings. The number of hydrogen-bond acceptors (Lipinski definition) is 4. The van der Waals surface area contributed by atoms with E-state index in [9.17, 15) is 19.1 Å². The molecule has 28 heavy (non-hydrogen) atoms. The number of fused-ring (bicyclic) bond motifs is 1. The molecule has 1 atom stereocenters. The van der Waals surface area contributed by atoms with Gasteiger partial charge in [0.2, 0.25) is 0 Å². The molecule has 1 aliphatic carbocycles. The lowest BCUT2D eigenvalue weighted by Crippen LogP contribution is -2.31. The number of Topliss-reactive ketones (excluding diaryl/α,β-unsaturated/α-hetero) is 1. The lowest BCUT2D eigenvalue weighted by atomic mass is 9.73. The van der Waals surface area contributed by atoms with Gasteiger partial charge in [-0.1, -0.05) is 32.0 Å². The summed E-state index contributed by atoms with van der Waals surface area (Å²) in [7, 11) is 0. The first-order valence-corrected chi connectivity index (χ1v) is 9.17. The Morgan fingerprint density at radius 3 is 2.61 bits per heavy atom. The molecule has 0 bridgehead atoms. The van der Waals surface area contributed by atoms with E-state index in [0.717, 1.165) is 0 Å². The van der Waals surface area contributed by atoms with Crippen molar-refractivity contribution >= 4 is 23.1 Å². The molecule has 0 aromatic heterocycles. The molecule has 2 aromatic carbocycles. The number of aromatic carboxylic acids is 1. The van der Waals surface area contributed by atoms with E-state index in [1.807, 2.05) is 13.8 Å². The van der Waals surface area contributed by atoms with Crippen molar-refractivity contribution < 1.29 is 19.1 Å². The van der Waals surface area contributed by atoms with Gasteiger partial charge in [0, 0.05) is 23.3 Å². The zero-order chi connectivity index (χ0) is 20.1. The summed E-state index contributed by atoms with van der Waals surface area (Å²) in [5, 5.41) is 15.9. The van der Waals surface area contributed by atoms with Crippen molar-refractivity contribution in [2.24, 2.45) is 5.41 Å². The molecular formula is C22H21FN2O3. The van der Waals surface area contributed by atoms with Gasteiger partial charge in [-0.15, -0.1) is 0 Å². The van der Waals surface area contributed by atoms with E-state index in [1.54, 1.807) is 24.3 Å². The number of carboxylic acids is 1. The number of anilines is 2. The zero-order valence-corrected chi connectivity index (χ0v) is 15.7. The van der Waals surface area contributed by atoms with Crippen molar-refractivity contribution in [1.82, 2.24) is 0 Å². The van der Waals surface area contributed by atoms with Crippen LogP contribution < -0.4 is 10.6 Å². The van der Waals surface area contributed by atoms with Gasteiger partial charge in [-0.3, -0.25) is 4.79 Å². The molecule has 2 aromatic rings. The van der Waals surface area contributed by atoms with Crippen molar-refractivity contribution in [3.8, 4) is 0 Å². The second-order valence-electron chi connectivity index (χ2n) is 8.12. The highest BCUT2D eigenvalue weighted by Crippen LogP contribution is 2.45. The molecule has 1 heterocycles. The smallest absolute Gasteiger partial charge is 0.335 e. The molecule has 4 rings (SSSR count). The molecule has 0 saturated carbocycles. The largest absolute Gasteiger partial charge is 0.478 e. The highest BCUT2D eigenvalue weighted by Gasteiger charge is 2.39. The maximum atomic E-state index is 14.6. The molecule has 0 amide bonds. The number of rotatable bonds is 2. The number of halogens is 1. The number of allylic oxidation sites excluding steroid dienone is 1. The van der Waals surface area contributed by atoms with Gasteiger partial charge in [0.1, 0.15) is 5.82 Å². The summed E-state index contributed by atoms with van der Waals surface area (Å²) in [4.78, 5) is 24.4. The van der Waals surface area contributed by atoms with Gasteiger partial charge in [0.05, 0.1) is 23.0 Å². The van der Waals surface area contributed by atoms with Crippen LogP contribution in [0.15, 0.2) is 53.7 Å². The minimum absolute atomic E-state index is 0.0363. The average Bonchev–Trinajstić information content (AvgIpc) is 2.76. The third kappa shape index (κ3) is 3.15. The summed E-state index contributed by atoms with van der Waals surface area (Å²) in [6.07, 6.45) is 0.980. The number of nitrogens with one attached hydrogen (secondary N) is 2. The van der Waals surface area contributed by atoms with Gasteiger partial charge in [-0.2, -0.15) is 0 Å². The van der Waals surface area contributed by atoms with E-state index in [2.05, 4.69) is 10.6 Å². The van der Waals surface area contributed by atoms with E-state index in [0.29, 0.717) is 41.1 Å². The molecule has 0 spiro atoms. The van der Waals surface area contributed by atoms with Crippen LogP contribution in [0.2, 0.25) is 0 Å². The molecule has 0 unspecified atom stereocenters. The monoisotopic (exact) mass is 380 g/mol. The van der Waals surface area contributed by atoms with Crippen LogP contribution in [0.25, 0.3) is 0 Å². The zero-order valence-electron chi connectivity index (χ0n) is 15.7. The number of benzene rings is 2. The first kappa shape index (κ1) is 18.2. The van der Waals surface area contributed by atoms with E-state index in [-0.39, 0.29) is 16.8 Å². The van der Waals surface area contributed by atoms with Gasteiger partial charge < -0.3 is 15.7 Å². The predicted octanol–water partition coefficient (Wildman–Crippen LogP) is 4.75. The van der Waals surface area contributed by atoms with Crippen molar-refractivity contribution in [3.63, 3.8) is 0 Å². The Labute approximate surface area is 162 Å². The fraction of sp³-hybridized carbons (Fsp3) is 0.273. The highest BCUT2D eigenvalue weighted by atomic mass is 19.1. The van der Waals surface area contributed by atoms with Gasteiger partial charge in [-0.05, 0) is 36.1 Å². The van der Waals surface area contributed by atoms with Gasteiger partial charge in [0.15, 0.2) is 5.78 Å². The van der Waals surface area contributed by atoms with E-state index >= 15 is 0 Å². The minimum atomic E-state index is -1.03. The third-order valence-corrected chi connectivity index (χ3v) is 5.28. The Morgan fingerprint density at radius 1 is 1.14 bits per heavy atom. The molecule has 5 nitrogen and oxygen atoms in total. The van der Waals surface area contributed by atoms with Crippen LogP contribution in [-0.4, -0.2) is 16.9 Å². The topological polar surface area (TPSA) is 78.4 Å². The Bertz CT molecular complexity index is 1030. The van der Waals surface area contributed by atoms with E-state index < -0.39 is 17.8 Å². The number of carboxylic acid groups (broad SMARTS) is 1. The van der Waals surface area contributed by atoms with Gasteiger partial charge >= 0.3 is 5.97 Å². The minimum Gasteiger partial charge on any atom is -0.478 e. The average molecular weight is 380 g/mol. The lowest BCUT2D eigenvalue weighted by molar-refractivity contribution is -0.118. The number of hydrogen-bond donors (Lipinski definition) is 3. The maximum Gasteiger partial charge on any atom is 0.335 e. The molecule has 144 valence electrons. The van der Waals surface area contributed by atoms with Crippen LogP contribution in [0.3, 0.4) is 0 Å². The molecule has 0 radical (unpaired) electrons. The summed E-state index contributed by atoms with van der Waals surface area (Å²) in [6.45, 7) is 4.03. The second kappa shape index (κ2) is 6.48. The van der Waals surface area contributed by atoms with E-state index in [1.165, 1.54) is 18.2 Å². The first-order chi connectivity index (χ1) is 13.2. The fourth-order valence-corrected chi connectivity index (χ4v) is 4.02. The van der Waals surface area contributed by atoms with Crippen LogP contribution >= 0.6 is 0 Å². The van der Waals surface area contributed by atoms with Crippen LogP contribution in [-0.2, 0) is 4.79 Å². The normalized spacial score (nSPS) is 20.4. The highest BCUT2D eigenvalue weighted by molar-refractivity contribution is 6.01. The van der Waals surface area contributed by atoms with E-state index in [4.69, 9.17) is 0 Å². The lowest BCUT2D eigenvalue weighted by Gasteiger charge is -2.34. The molecule has 3 N–H and O–H groups in total. The standard InChI is InChI=1S/C22H21FN2O3/c1-22(2)10-17-19(18(26)11-22)20(13-5-3-4-6-14(13)23)25-15-8-7-12(21(27)28)9-16(15)24-17/h3-9,20,24-25H,10-11H2,1-2H3,(H,27,28)/t20-/m0/s1. The third-order valence-electron chi connectivity index (χ3n) is 5.28. The van der Waals surface area contributed by atoms with Crippen LogP contribution in [0.4, 0.5) is 15.8 Å². The number of carbonyl (C=O) groups is 2. The maximum absolute atomic E-state index is 14.6. The number of ketones is 1.